The zero-order valence-corrected chi connectivity index (χ0v) is 10.2. The predicted molar refractivity (Wildman–Crippen MR) is 65.3 cm³/mol. The van der Waals surface area contributed by atoms with Crippen molar-refractivity contribution in [2.75, 3.05) is 12.4 Å². The molecule has 2 N–H and O–H groups in total. The highest BCUT2D eigenvalue weighted by Gasteiger charge is 2.20. The lowest BCUT2D eigenvalue weighted by atomic mass is 10.0. The van der Waals surface area contributed by atoms with Crippen molar-refractivity contribution in [3.63, 3.8) is 0 Å². The first-order valence-electron chi connectivity index (χ1n) is 5.42. The van der Waals surface area contributed by atoms with Crippen LogP contribution in [-0.4, -0.2) is 24.0 Å². The molecule has 1 aromatic rings. The Hall–Kier alpha value is -2.09. The molecule has 1 rings (SSSR count). The SMILES string of the molecule is CNC(=O)C(Nc1ccc(C#N)nc1)C(C)C. The van der Waals surface area contributed by atoms with E-state index in [4.69, 9.17) is 5.26 Å². The van der Waals surface area contributed by atoms with Gasteiger partial charge in [0.15, 0.2) is 0 Å². The summed E-state index contributed by atoms with van der Waals surface area (Å²) in [7, 11) is 1.61. The van der Waals surface area contributed by atoms with E-state index in [1.807, 2.05) is 19.9 Å². The van der Waals surface area contributed by atoms with E-state index >= 15 is 0 Å². The third-order valence-corrected chi connectivity index (χ3v) is 2.40. The fourth-order valence-corrected chi connectivity index (χ4v) is 1.42. The average Bonchev–Trinajstić information content (AvgIpc) is 2.35. The summed E-state index contributed by atoms with van der Waals surface area (Å²) >= 11 is 0. The van der Waals surface area contributed by atoms with E-state index in [-0.39, 0.29) is 17.9 Å². The summed E-state index contributed by atoms with van der Waals surface area (Å²) in [6.45, 7) is 3.92. The summed E-state index contributed by atoms with van der Waals surface area (Å²) in [6.07, 6.45) is 1.55. The fraction of sp³-hybridized carbons (Fsp3) is 0.417. The van der Waals surface area contributed by atoms with Gasteiger partial charge in [-0.2, -0.15) is 5.26 Å². The molecule has 1 amide bonds. The van der Waals surface area contributed by atoms with Crippen LogP contribution in [0, 0.1) is 17.2 Å². The van der Waals surface area contributed by atoms with Gasteiger partial charge in [0.25, 0.3) is 0 Å². The van der Waals surface area contributed by atoms with E-state index in [2.05, 4.69) is 15.6 Å². The first kappa shape index (κ1) is 13.0. The first-order valence-corrected chi connectivity index (χ1v) is 5.42. The van der Waals surface area contributed by atoms with E-state index < -0.39 is 0 Å². The van der Waals surface area contributed by atoms with Gasteiger partial charge in [-0.15, -0.1) is 0 Å². The number of nitriles is 1. The lowest BCUT2D eigenvalue weighted by molar-refractivity contribution is -0.122. The van der Waals surface area contributed by atoms with Crippen LogP contribution in [0.15, 0.2) is 18.3 Å². The van der Waals surface area contributed by atoms with E-state index in [1.165, 1.54) is 0 Å². The number of aromatic nitrogens is 1. The molecule has 5 heteroatoms. The molecule has 1 atom stereocenters. The lowest BCUT2D eigenvalue weighted by Crippen LogP contribution is -2.41. The second-order valence-electron chi connectivity index (χ2n) is 4.02. The number of hydrogen-bond acceptors (Lipinski definition) is 4. The number of hydrogen-bond donors (Lipinski definition) is 2. The Morgan fingerprint density at radius 3 is 2.59 bits per heavy atom. The van der Waals surface area contributed by atoms with Crippen molar-refractivity contribution in [1.29, 1.82) is 5.26 Å². The highest BCUT2D eigenvalue weighted by Crippen LogP contribution is 2.12. The monoisotopic (exact) mass is 232 g/mol. The van der Waals surface area contributed by atoms with E-state index in [0.717, 1.165) is 5.69 Å². The van der Waals surface area contributed by atoms with Crippen molar-refractivity contribution in [3.8, 4) is 6.07 Å². The van der Waals surface area contributed by atoms with Crippen LogP contribution in [0.4, 0.5) is 5.69 Å². The molecular formula is C12H16N4O. The van der Waals surface area contributed by atoms with Crippen LogP contribution >= 0.6 is 0 Å². The maximum Gasteiger partial charge on any atom is 0.242 e. The molecule has 0 fully saturated rings. The Bertz CT molecular complexity index is 419. The second-order valence-corrected chi connectivity index (χ2v) is 4.02. The normalized spacial score (nSPS) is 11.7. The molecule has 0 aromatic carbocycles. The minimum Gasteiger partial charge on any atom is -0.372 e. The fourth-order valence-electron chi connectivity index (χ4n) is 1.42. The second kappa shape index (κ2) is 5.85. The van der Waals surface area contributed by atoms with Gasteiger partial charge in [0.1, 0.15) is 17.8 Å². The molecule has 0 radical (unpaired) electrons. The molecule has 1 heterocycles. The molecule has 0 spiro atoms. The number of nitrogens with one attached hydrogen (secondary N) is 2. The van der Waals surface area contributed by atoms with Gasteiger partial charge >= 0.3 is 0 Å². The standard InChI is InChI=1S/C12H16N4O/c1-8(2)11(12(17)14-3)16-10-5-4-9(6-13)15-7-10/h4-5,7-8,11,16H,1-3H3,(H,14,17). The van der Waals surface area contributed by atoms with Gasteiger partial charge < -0.3 is 10.6 Å². The van der Waals surface area contributed by atoms with Crippen molar-refractivity contribution in [3.05, 3.63) is 24.0 Å². The average molecular weight is 232 g/mol. The topological polar surface area (TPSA) is 77.8 Å². The molecule has 90 valence electrons. The lowest BCUT2D eigenvalue weighted by Gasteiger charge is -2.21. The minimum absolute atomic E-state index is 0.0654. The third kappa shape index (κ3) is 3.45. The van der Waals surface area contributed by atoms with Crippen LogP contribution in [0.5, 0.6) is 0 Å². The number of likely N-dealkylation sites (N-methyl/N-ethyl adjacent to an activating group) is 1. The van der Waals surface area contributed by atoms with Gasteiger partial charge in [-0.25, -0.2) is 4.98 Å². The predicted octanol–water partition coefficient (Wildman–Crippen LogP) is 1.14. The number of nitrogens with zero attached hydrogens (tertiary/aromatic N) is 2. The quantitative estimate of drug-likeness (QED) is 0.816. The van der Waals surface area contributed by atoms with Crippen LogP contribution < -0.4 is 10.6 Å². The van der Waals surface area contributed by atoms with Crippen LogP contribution in [0.3, 0.4) is 0 Å². The molecule has 0 bridgehead atoms. The number of anilines is 1. The summed E-state index contributed by atoms with van der Waals surface area (Å²) < 4.78 is 0. The molecule has 0 saturated heterocycles. The van der Waals surface area contributed by atoms with Crippen LogP contribution in [0.25, 0.3) is 0 Å². The zero-order valence-electron chi connectivity index (χ0n) is 10.2. The summed E-state index contributed by atoms with van der Waals surface area (Å²) in [5, 5.41) is 14.3. The van der Waals surface area contributed by atoms with Gasteiger partial charge in [0, 0.05) is 7.05 Å². The number of rotatable bonds is 4. The van der Waals surface area contributed by atoms with Gasteiger partial charge in [-0.1, -0.05) is 13.8 Å². The molecule has 0 aliphatic heterocycles. The molecule has 0 aliphatic carbocycles. The van der Waals surface area contributed by atoms with E-state index in [0.29, 0.717) is 5.69 Å². The third-order valence-electron chi connectivity index (χ3n) is 2.40. The smallest absolute Gasteiger partial charge is 0.242 e. The molecule has 0 aliphatic rings. The Morgan fingerprint density at radius 1 is 1.47 bits per heavy atom. The summed E-state index contributed by atoms with van der Waals surface area (Å²) in [6, 6.07) is 4.99. The number of carbonyl (C=O) groups excluding carboxylic acids is 1. The number of carbonyl (C=O) groups is 1. The Labute approximate surface area is 101 Å². The first-order chi connectivity index (χ1) is 8.08. The van der Waals surface area contributed by atoms with Gasteiger partial charge in [0.05, 0.1) is 11.9 Å². The van der Waals surface area contributed by atoms with Crippen molar-refractivity contribution >= 4 is 11.6 Å². The maximum absolute atomic E-state index is 11.6. The Balaban J connectivity index is 2.79. The van der Waals surface area contributed by atoms with Gasteiger partial charge in [0.2, 0.25) is 5.91 Å². The highest BCUT2D eigenvalue weighted by molar-refractivity contribution is 5.84. The van der Waals surface area contributed by atoms with E-state index in [1.54, 1.807) is 25.4 Å². The highest BCUT2D eigenvalue weighted by atomic mass is 16.2. The summed E-state index contributed by atoms with van der Waals surface area (Å²) in [5.74, 6) is 0.0925. The largest absolute Gasteiger partial charge is 0.372 e. The molecule has 1 aromatic heterocycles. The van der Waals surface area contributed by atoms with Crippen LogP contribution in [0.2, 0.25) is 0 Å². The summed E-state index contributed by atoms with van der Waals surface area (Å²) in [5.41, 5.74) is 1.09. The van der Waals surface area contributed by atoms with Crippen LogP contribution in [-0.2, 0) is 4.79 Å². The Morgan fingerprint density at radius 2 is 2.18 bits per heavy atom. The molecular weight excluding hydrogens is 216 g/mol. The number of amides is 1. The van der Waals surface area contributed by atoms with Crippen molar-refractivity contribution in [2.45, 2.75) is 19.9 Å². The van der Waals surface area contributed by atoms with Gasteiger partial charge in [-0.05, 0) is 18.1 Å². The van der Waals surface area contributed by atoms with Crippen molar-refractivity contribution in [1.82, 2.24) is 10.3 Å². The molecule has 5 nitrogen and oxygen atoms in total. The maximum atomic E-state index is 11.6. The summed E-state index contributed by atoms with van der Waals surface area (Å²) in [4.78, 5) is 15.6. The Kier molecular flexibility index (Phi) is 4.46. The van der Waals surface area contributed by atoms with Crippen molar-refractivity contribution < 1.29 is 4.79 Å². The minimum atomic E-state index is -0.310. The van der Waals surface area contributed by atoms with Crippen LogP contribution in [0.1, 0.15) is 19.5 Å². The molecule has 0 saturated carbocycles. The van der Waals surface area contributed by atoms with Gasteiger partial charge in [-0.3, -0.25) is 4.79 Å². The number of pyridine rings is 1. The van der Waals surface area contributed by atoms with E-state index in [9.17, 15) is 4.79 Å². The molecule has 17 heavy (non-hydrogen) atoms. The zero-order chi connectivity index (χ0) is 12.8. The molecule has 1 unspecified atom stereocenters. The van der Waals surface area contributed by atoms with Crippen molar-refractivity contribution in [2.24, 2.45) is 5.92 Å².